The van der Waals surface area contributed by atoms with Gasteiger partial charge >= 0.3 is 0 Å². The third kappa shape index (κ3) is 1.96. The van der Waals surface area contributed by atoms with Gasteiger partial charge in [0.2, 0.25) is 0 Å². The summed E-state index contributed by atoms with van der Waals surface area (Å²) in [6, 6.07) is 2.06. The Kier molecular flexibility index (Phi) is 2.91. The summed E-state index contributed by atoms with van der Waals surface area (Å²) in [4.78, 5) is 11.9. The van der Waals surface area contributed by atoms with Crippen molar-refractivity contribution in [2.45, 2.75) is 45.1 Å². The minimum atomic E-state index is 0.0853. The van der Waals surface area contributed by atoms with Gasteiger partial charge in [-0.3, -0.25) is 14.6 Å². The summed E-state index contributed by atoms with van der Waals surface area (Å²) in [5.74, 6) is 0. The van der Waals surface area contributed by atoms with Crippen molar-refractivity contribution < 1.29 is 0 Å². The van der Waals surface area contributed by atoms with E-state index in [4.69, 9.17) is 5.26 Å². The first kappa shape index (κ1) is 10.0. The highest BCUT2D eigenvalue weighted by molar-refractivity contribution is 5.19. The molecule has 1 heterocycles. The molecule has 0 fully saturated rings. The molecule has 1 aliphatic rings. The van der Waals surface area contributed by atoms with Crippen LogP contribution in [0.3, 0.4) is 0 Å². The number of aromatic amines is 1. The normalized spacial score (nSPS) is 15.4. The molecule has 0 bridgehead atoms. The molecule has 4 heteroatoms. The van der Waals surface area contributed by atoms with Crippen LogP contribution in [0.5, 0.6) is 0 Å². The smallest absolute Gasteiger partial charge is 0.269 e. The Morgan fingerprint density at radius 1 is 1.33 bits per heavy atom. The Bertz CT molecular complexity index is 436. The zero-order chi connectivity index (χ0) is 10.7. The molecule has 0 aromatic carbocycles. The monoisotopic (exact) mass is 205 g/mol. The molecule has 15 heavy (non-hydrogen) atoms. The summed E-state index contributed by atoms with van der Waals surface area (Å²) in [5, 5.41) is 11.6. The lowest BCUT2D eigenvalue weighted by atomic mass is 10.1. The molecule has 0 radical (unpaired) electrons. The SMILES string of the molecule is N#CCCn1[nH]c2c(c1=O)CCCCC2. The Balaban J connectivity index is 2.28. The van der Waals surface area contributed by atoms with Crippen LogP contribution in [0.15, 0.2) is 4.79 Å². The molecule has 80 valence electrons. The van der Waals surface area contributed by atoms with E-state index >= 15 is 0 Å². The zero-order valence-corrected chi connectivity index (χ0v) is 8.75. The van der Waals surface area contributed by atoms with Gasteiger partial charge in [-0.15, -0.1) is 0 Å². The van der Waals surface area contributed by atoms with Gasteiger partial charge in [-0.2, -0.15) is 5.26 Å². The topological polar surface area (TPSA) is 61.6 Å². The van der Waals surface area contributed by atoms with Crippen LogP contribution in [-0.4, -0.2) is 9.78 Å². The van der Waals surface area contributed by atoms with Gasteiger partial charge < -0.3 is 0 Å². The molecular weight excluding hydrogens is 190 g/mol. The molecule has 0 aliphatic heterocycles. The first-order chi connectivity index (χ1) is 7.33. The zero-order valence-electron chi connectivity index (χ0n) is 8.75. The van der Waals surface area contributed by atoms with Crippen LogP contribution in [0.1, 0.15) is 36.9 Å². The molecule has 1 N–H and O–H groups in total. The second-order valence-corrected chi connectivity index (χ2v) is 3.99. The van der Waals surface area contributed by atoms with Crippen molar-refractivity contribution in [1.29, 1.82) is 5.26 Å². The molecule has 0 saturated carbocycles. The van der Waals surface area contributed by atoms with E-state index in [-0.39, 0.29) is 5.56 Å². The van der Waals surface area contributed by atoms with Gasteiger partial charge in [0.05, 0.1) is 19.0 Å². The van der Waals surface area contributed by atoms with Crippen molar-refractivity contribution in [3.63, 3.8) is 0 Å². The largest absolute Gasteiger partial charge is 0.299 e. The van der Waals surface area contributed by atoms with Crippen molar-refractivity contribution in [2.24, 2.45) is 0 Å². The molecule has 0 saturated heterocycles. The third-order valence-corrected chi connectivity index (χ3v) is 2.94. The number of aromatic nitrogens is 2. The van der Waals surface area contributed by atoms with Crippen LogP contribution >= 0.6 is 0 Å². The molecule has 0 spiro atoms. The number of H-pyrrole nitrogens is 1. The van der Waals surface area contributed by atoms with Gasteiger partial charge in [0.15, 0.2) is 0 Å². The highest BCUT2D eigenvalue weighted by Gasteiger charge is 2.15. The molecular formula is C11H15N3O. The summed E-state index contributed by atoms with van der Waals surface area (Å²) < 4.78 is 1.58. The summed E-state index contributed by atoms with van der Waals surface area (Å²) in [7, 11) is 0. The predicted molar refractivity (Wildman–Crippen MR) is 56.5 cm³/mol. The summed E-state index contributed by atoms with van der Waals surface area (Å²) in [6.07, 6.45) is 5.73. The van der Waals surface area contributed by atoms with E-state index in [1.807, 2.05) is 0 Å². The van der Waals surface area contributed by atoms with Crippen molar-refractivity contribution in [3.05, 3.63) is 21.6 Å². The Morgan fingerprint density at radius 2 is 2.13 bits per heavy atom. The number of hydrogen-bond donors (Lipinski definition) is 1. The number of rotatable bonds is 2. The molecule has 2 rings (SSSR count). The molecule has 1 aromatic rings. The quantitative estimate of drug-likeness (QED) is 0.741. The summed E-state index contributed by atoms with van der Waals surface area (Å²) >= 11 is 0. The van der Waals surface area contributed by atoms with Crippen LogP contribution in [0.25, 0.3) is 0 Å². The maximum Gasteiger partial charge on any atom is 0.269 e. The fraction of sp³-hybridized carbons (Fsp3) is 0.636. The summed E-state index contributed by atoms with van der Waals surface area (Å²) in [6.45, 7) is 0.488. The fourth-order valence-corrected chi connectivity index (χ4v) is 2.14. The van der Waals surface area contributed by atoms with E-state index in [9.17, 15) is 4.79 Å². The van der Waals surface area contributed by atoms with E-state index < -0.39 is 0 Å². The predicted octanol–water partition coefficient (Wildman–Crippen LogP) is 1.36. The molecule has 0 amide bonds. The van der Waals surface area contributed by atoms with E-state index in [0.29, 0.717) is 13.0 Å². The Morgan fingerprint density at radius 3 is 2.93 bits per heavy atom. The first-order valence-electron chi connectivity index (χ1n) is 5.50. The number of nitrogens with one attached hydrogen (secondary N) is 1. The number of hydrogen-bond acceptors (Lipinski definition) is 2. The van der Waals surface area contributed by atoms with Crippen LogP contribution in [0.4, 0.5) is 0 Å². The van der Waals surface area contributed by atoms with E-state index in [1.54, 1.807) is 4.68 Å². The van der Waals surface area contributed by atoms with Gasteiger partial charge in [-0.05, 0) is 25.7 Å². The minimum Gasteiger partial charge on any atom is -0.299 e. The highest BCUT2D eigenvalue weighted by Crippen LogP contribution is 2.15. The average molecular weight is 205 g/mol. The third-order valence-electron chi connectivity index (χ3n) is 2.94. The molecule has 0 unspecified atom stereocenters. The van der Waals surface area contributed by atoms with Crippen molar-refractivity contribution in [1.82, 2.24) is 9.78 Å². The maximum absolute atomic E-state index is 11.9. The standard InChI is InChI=1S/C11H15N3O/c12-7-4-8-14-11(15)9-5-2-1-3-6-10(9)13-14/h13H,1-6,8H2. The van der Waals surface area contributed by atoms with E-state index in [1.165, 1.54) is 6.42 Å². The number of fused-ring (bicyclic) bond motifs is 1. The second-order valence-electron chi connectivity index (χ2n) is 3.99. The number of nitrogens with zero attached hydrogens (tertiary/aromatic N) is 2. The van der Waals surface area contributed by atoms with Gasteiger partial charge in [0, 0.05) is 11.3 Å². The molecule has 1 aliphatic carbocycles. The molecule has 4 nitrogen and oxygen atoms in total. The van der Waals surface area contributed by atoms with Crippen LogP contribution in [0.2, 0.25) is 0 Å². The van der Waals surface area contributed by atoms with Crippen molar-refractivity contribution in [3.8, 4) is 6.07 Å². The lowest BCUT2D eigenvalue weighted by Crippen LogP contribution is -2.19. The van der Waals surface area contributed by atoms with Gasteiger partial charge in [0.25, 0.3) is 5.56 Å². The molecule has 1 aromatic heterocycles. The van der Waals surface area contributed by atoms with Crippen LogP contribution < -0.4 is 5.56 Å². The van der Waals surface area contributed by atoms with E-state index in [2.05, 4.69) is 11.2 Å². The van der Waals surface area contributed by atoms with Crippen molar-refractivity contribution >= 4 is 0 Å². The van der Waals surface area contributed by atoms with Gasteiger partial charge in [-0.1, -0.05) is 6.42 Å². The fourth-order valence-electron chi connectivity index (χ4n) is 2.14. The average Bonchev–Trinajstić information content (AvgIpc) is 2.44. The minimum absolute atomic E-state index is 0.0853. The Hall–Kier alpha value is -1.50. The second kappa shape index (κ2) is 4.35. The van der Waals surface area contributed by atoms with Crippen molar-refractivity contribution in [2.75, 3.05) is 0 Å². The van der Waals surface area contributed by atoms with Crippen LogP contribution in [0, 0.1) is 11.3 Å². The first-order valence-corrected chi connectivity index (χ1v) is 5.50. The van der Waals surface area contributed by atoms with E-state index in [0.717, 1.165) is 36.9 Å². The Labute approximate surface area is 88.5 Å². The number of aryl methyl sites for hydroxylation is 2. The van der Waals surface area contributed by atoms with Gasteiger partial charge in [0.1, 0.15) is 0 Å². The highest BCUT2D eigenvalue weighted by atomic mass is 16.1. The maximum atomic E-state index is 11.9. The lowest BCUT2D eigenvalue weighted by Gasteiger charge is -1.97. The van der Waals surface area contributed by atoms with Crippen LogP contribution in [-0.2, 0) is 19.4 Å². The molecule has 0 atom stereocenters. The lowest BCUT2D eigenvalue weighted by molar-refractivity contribution is 0.589. The van der Waals surface area contributed by atoms with Gasteiger partial charge in [-0.25, -0.2) is 0 Å². The summed E-state index contributed by atoms with van der Waals surface area (Å²) in [5.41, 5.74) is 2.13. The number of nitriles is 1.